The Balaban J connectivity index is 4.38. The van der Waals surface area contributed by atoms with Gasteiger partial charge in [-0.05, 0) is 19.4 Å². The van der Waals surface area contributed by atoms with Crippen molar-refractivity contribution in [2.24, 2.45) is 11.7 Å². The molecule has 0 aromatic heterocycles. The van der Waals surface area contributed by atoms with Crippen LogP contribution in [0.1, 0.15) is 26.7 Å². The van der Waals surface area contributed by atoms with Crippen molar-refractivity contribution in [3.63, 3.8) is 0 Å². The number of rotatable bonds is 7. The predicted octanol–water partition coefficient (Wildman–Crippen LogP) is 0.383. The molecule has 0 aliphatic carbocycles. The Kier molecular flexibility index (Phi) is 7.54. The first-order chi connectivity index (χ1) is 7.56. The van der Waals surface area contributed by atoms with Gasteiger partial charge in [0.2, 0.25) is 5.91 Å². The van der Waals surface area contributed by atoms with Gasteiger partial charge < -0.3 is 15.4 Å². The van der Waals surface area contributed by atoms with E-state index < -0.39 is 0 Å². The van der Waals surface area contributed by atoms with E-state index in [0.717, 1.165) is 6.42 Å². The summed E-state index contributed by atoms with van der Waals surface area (Å²) in [6.07, 6.45) is 1.46. The third-order valence-corrected chi connectivity index (χ3v) is 2.37. The molecule has 0 aliphatic rings. The molecule has 0 saturated carbocycles. The topological polar surface area (TPSA) is 72.6 Å². The van der Waals surface area contributed by atoms with Crippen LogP contribution in [-0.2, 0) is 14.3 Å². The molecule has 5 nitrogen and oxygen atoms in total. The summed E-state index contributed by atoms with van der Waals surface area (Å²) in [6, 6.07) is 0. The fraction of sp³-hybridized carbons (Fsp3) is 0.818. The maximum atomic E-state index is 11.9. The van der Waals surface area contributed by atoms with Crippen LogP contribution in [0.4, 0.5) is 0 Å². The van der Waals surface area contributed by atoms with Gasteiger partial charge >= 0.3 is 5.97 Å². The fourth-order valence-corrected chi connectivity index (χ4v) is 1.44. The summed E-state index contributed by atoms with van der Waals surface area (Å²) < 4.78 is 4.56. The summed E-state index contributed by atoms with van der Waals surface area (Å²) in [5.41, 5.74) is 5.41. The summed E-state index contributed by atoms with van der Waals surface area (Å²) in [5, 5.41) is 0. The number of methoxy groups -OCH3 is 1. The zero-order valence-corrected chi connectivity index (χ0v) is 10.4. The Bertz CT molecular complexity index is 231. The highest BCUT2D eigenvalue weighted by Crippen LogP contribution is 2.07. The van der Waals surface area contributed by atoms with Gasteiger partial charge in [0.15, 0.2) is 0 Å². The van der Waals surface area contributed by atoms with E-state index in [1.54, 1.807) is 0 Å². The highest BCUT2D eigenvalue weighted by Gasteiger charge is 2.21. The molecule has 0 rings (SSSR count). The van der Waals surface area contributed by atoms with Crippen LogP contribution in [0, 0.1) is 5.92 Å². The van der Waals surface area contributed by atoms with Gasteiger partial charge in [-0.25, -0.2) is 0 Å². The molecular weight excluding hydrogens is 208 g/mol. The average Bonchev–Trinajstić information content (AvgIpc) is 2.27. The Morgan fingerprint density at radius 3 is 2.50 bits per heavy atom. The molecule has 2 N–H and O–H groups in total. The second-order valence-corrected chi connectivity index (χ2v) is 3.81. The van der Waals surface area contributed by atoms with Crippen molar-refractivity contribution < 1.29 is 14.3 Å². The Hall–Kier alpha value is -1.10. The minimum atomic E-state index is -0.387. The number of ether oxygens (including phenoxy) is 1. The first kappa shape index (κ1) is 14.9. The number of nitrogens with two attached hydrogens (primary N) is 1. The van der Waals surface area contributed by atoms with Crippen molar-refractivity contribution in [3.8, 4) is 0 Å². The standard InChI is InChI=1S/C11H22N2O3/c1-4-7-13(8-10(14)16-3)11(15)9(2)5-6-12/h9H,4-8,12H2,1-3H3. The number of amides is 1. The van der Waals surface area contributed by atoms with Crippen molar-refractivity contribution in [3.05, 3.63) is 0 Å². The molecule has 0 heterocycles. The van der Waals surface area contributed by atoms with Crippen LogP contribution in [-0.4, -0.2) is 43.5 Å². The molecule has 0 aliphatic heterocycles. The normalized spacial score (nSPS) is 12.0. The molecule has 1 amide bonds. The number of carbonyl (C=O) groups excluding carboxylic acids is 2. The van der Waals surface area contributed by atoms with Crippen molar-refractivity contribution in [2.75, 3.05) is 26.7 Å². The minimum absolute atomic E-state index is 0.0259. The minimum Gasteiger partial charge on any atom is -0.468 e. The molecule has 0 spiro atoms. The molecular formula is C11H22N2O3. The quantitative estimate of drug-likeness (QED) is 0.642. The molecule has 0 fully saturated rings. The molecule has 94 valence electrons. The van der Waals surface area contributed by atoms with Gasteiger partial charge in [-0.2, -0.15) is 0 Å². The first-order valence-electron chi connectivity index (χ1n) is 5.62. The summed E-state index contributed by atoms with van der Waals surface area (Å²) in [6.45, 7) is 4.87. The van der Waals surface area contributed by atoms with Crippen molar-refractivity contribution in [2.45, 2.75) is 26.7 Å². The molecule has 16 heavy (non-hydrogen) atoms. The van der Waals surface area contributed by atoms with Crippen molar-refractivity contribution >= 4 is 11.9 Å². The Labute approximate surface area is 96.9 Å². The molecule has 0 aromatic carbocycles. The zero-order chi connectivity index (χ0) is 12.6. The maximum Gasteiger partial charge on any atom is 0.325 e. The van der Waals surface area contributed by atoms with Gasteiger partial charge in [0.25, 0.3) is 0 Å². The largest absolute Gasteiger partial charge is 0.468 e. The van der Waals surface area contributed by atoms with Gasteiger partial charge in [0, 0.05) is 12.5 Å². The van der Waals surface area contributed by atoms with Crippen LogP contribution in [0.2, 0.25) is 0 Å². The van der Waals surface area contributed by atoms with E-state index in [1.807, 2.05) is 13.8 Å². The number of nitrogens with zero attached hydrogens (tertiary/aromatic N) is 1. The Morgan fingerprint density at radius 2 is 2.06 bits per heavy atom. The van der Waals surface area contributed by atoms with Gasteiger partial charge in [0.05, 0.1) is 7.11 Å². The monoisotopic (exact) mass is 230 g/mol. The van der Waals surface area contributed by atoms with Crippen LogP contribution in [0.15, 0.2) is 0 Å². The van der Waals surface area contributed by atoms with Crippen LogP contribution in [0.3, 0.4) is 0 Å². The molecule has 0 saturated heterocycles. The number of esters is 1. The first-order valence-corrected chi connectivity index (χ1v) is 5.62. The lowest BCUT2D eigenvalue weighted by molar-refractivity contribution is -0.148. The lowest BCUT2D eigenvalue weighted by atomic mass is 10.1. The second kappa shape index (κ2) is 8.10. The smallest absolute Gasteiger partial charge is 0.325 e. The third-order valence-electron chi connectivity index (χ3n) is 2.37. The molecule has 1 atom stereocenters. The summed E-state index contributed by atoms with van der Waals surface area (Å²) in [7, 11) is 1.32. The van der Waals surface area contributed by atoms with E-state index in [1.165, 1.54) is 12.0 Å². The van der Waals surface area contributed by atoms with Gasteiger partial charge in [-0.3, -0.25) is 9.59 Å². The third kappa shape index (κ3) is 5.11. The van der Waals surface area contributed by atoms with Crippen molar-refractivity contribution in [1.29, 1.82) is 0 Å². The Morgan fingerprint density at radius 1 is 1.44 bits per heavy atom. The molecule has 0 radical (unpaired) electrons. The van der Waals surface area contributed by atoms with Gasteiger partial charge in [-0.15, -0.1) is 0 Å². The van der Waals surface area contributed by atoms with E-state index in [2.05, 4.69) is 4.74 Å². The lowest BCUT2D eigenvalue weighted by Gasteiger charge is -2.24. The number of carbonyl (C=O) groups is 2. The summed E-state index contributed by atoms with van der Waals surface area (Å²) >= 11 is 0. The van der Waals surface area contributed by atoms with Crippen LogP contribution < -0.4 is 5.73 Å². The summed E-state index contributed by atoms with van der Waals surface area (Å²) in [5.74, 6) is -0.555. The average molecular weight is 230 g/mol. The number of hydrogen-bond acceptors (Lipinski definition) is 4. The van der Waals surface area contributed by atoms with E-state index in [9.17, 15) is 9.59 Å². The van der Waals surface area contributed by atoms with E-state index in [0.29, 0.717) is 19.5 Å². The molecule has 0 aromatic rings. The van der Waals surface area contributed by atoms with Crippen LogP contribution >= 0.6 is 0 Å². The lowest BCUT2D eigenvalue weighted by Crippen LogP contribution is -2.40. The van der Waals surface area contributed by atoms with Gasteiger partial charge in [-0.1, -0.05) is 13.8 Å². The van der Waals surface area contributed by atoms with Crippen molar-refractivity contribution in [1.82, 2.24) is 4.90 Å². The highest BCUT2D eigenvalue weighted by molar-refractivity contribution is 5.83. The SMILES string of the molecule is CCCN(CC(=O)OC)C(=O)C(C)CCN. The van der Waals surface area contributed by atoms with Gasteiger partial charge in [0.1, 0.15) is 6.54 Å². The van der Waals surface area contributed by atoms with E-state index in [-0.39, 0.29) is 24.3 Å². The predicted molar refractivity (Wildman–Crippen MR) is 61.7 cm³/mol. The highest BCUT2D eigenvalue weighted by atomic mass is 16.5. The molecule has 0 bridgehead atoms. The fourth-order valence-electron chi connectivity index (χ4n) is 1.44. The second-order valence-electron chi connectivity index (χ2n) is 3.81. The van der Waals surface area contributed by atoms with E-state index in [4.69, 9.17) is 5.73 Å². The van der Waals surface area contributed by atoms with E-state index >= 15 is 0 Å². The zero-order valence-electron chi connectivity index (χ0n) is 10.4. The summed E-state index contributed by atoms with van der Waals surface area (Å²) in [4.78, 5) is 24.6. The van der Waals surface area contributed by atoms with Crippen LogP contribution in [0.25, 0.3) is 0 Å². The maximum absolute atomic E-state index is 11.9. The number of hydrogen-bond donors (Lipinski definition) is 1. The molecule has 1 unspecified atom stereocenters. The van der Waals surface area contributed by atoms with Crippen LogP contribution in [0.5, 0.6) is 0 Å². The molecule has 5 heteroatoms.